The molecule has 0 aromatic heterocycles. The van der Waals surface area contributed by atoms with E-state index in [2.05, 4.69) is 0 Å². The third-order valence-corrected chi connectivity index (χ3v) is 3.98. The maximum absolute atomic E-state index is 11.5. The van der Waals surface area contributed by atoms with Gasteiger partial charge in [-0.3, -0.25) is 4.55 Å². The summed E-state index contributed by atoms with van der Waals surface area (Å²) in [6.07, 6.45) is 0.828. The van der Waals surface area contributed by atoms with E-state index in [9.17, 15) is 13.6 Å². The lowest BCUT2D eigenvalue weighted by Crippen LogP contribution is -2.38. The fraction of sp³-hybridized carbons (Fsp3) is 0.273. The maximum atomic E-state index is 11.5. The number of carboxylic acid groups (broad SMARTS) is 1. The highest BCUT2D eigenvalue weighted by Crippen LogP contribution is 2.45. The number of hydrogen-bond acceptors (Lipinski definition) is 3. The Kier molecular flexibility index (Phi) is 3.49. The molecule has 1 aliphatic carbocycles. The van der Waals surface area contributed by atoms with Crippen LogP contribution in [0.1, 0.15) is 23.2 Å². The lowest BCUT2D eigenvalue weighted by molar-refractivity contribution is 0.0697. The van der Waals surface area contributed by atoms with Gasteiger partial charge >= 0.3 is 5.97 Å². The predicted octanol–water partition coefficient (Wildman–Crippen LogP) is 2.04. The minimum absolute atomic E-state index is 0.0109. The zero-order valence-electron chi connectivity index (χ0n) is 9.54. The van der Waals surface area contributed by atoms with Crippen molar-refractivity contribution in [2.75, 3.05) is 4.31 Å². The topological polar surface area (TPSA) is 102 Å². The molecule has 1 unspecified atom stereocenters. The van der Waals surface area contributed by atoms with Crippen molar-refractivity contribution in [3.63, 3.8) is 0 Å². The van der Waals surface area contributed by atoms with E-state index in [0.717, 1.165) is 4.31 Å². The number of halogens is 1. The van der Waals surface area contributed by atoms with Gasteiger partial charge in [-0.25, -0.2) is 13.3 Å². The van der Waals surface area contributed by atoms with Crippen LogP contribution in [0.15, 0.2) is 18.2 Å². The molecule has 8 heteroatoms. The van der Waals surface area contributed by atoms with E-state index in [1.165, 1.54) is 18.2 Å². The lowest BCUT2D eigenvalue weighted by Gasteiger charge is -2.26. The van der Waals surface area contributed by atoms with Crippen LogP contribution in [-0.4, -0.2) is 25.4 Å². The van der Waals surface area contributed by atoms with Gasteiger partial charge in [0.1, 0.15) is 5.54 Å². The number of benzene rings is 1. The second-order valence-electron chi connectivity index (χ2n) is 4.14. The fourth-order valence-electron chi connectivity index (χ4n) is 1.80. The van der Waals surface area contributed by atoms with Crippen molar-refractivity contribution < 1.29 is 18.7 Å². The molecular formula is C11H9ClN2O4S. The van der Waals surface area contributed by atoms with Crippen molar-refractivity contribution in [1.82, 2.24) is 0 Å². The van der Waals surface area contributed by atoms with Crippen LogP contribution >= 0.6 is 11.6 Å². The molecule has 0 amide bonds. The lowest BCUT2D eigenvalue weighted by atomic mass is 10.1. The Morgan fingerprint density at radius 3 is 2.58 bits per heavy atom. The molecule has 0 radical (unpaired) electrons. The highest BCUT2D eigenvalue weighted by molar-refractivity contribution is 7.80. The van der Waals surface area contributed by atoms with E-state index in [0.29, 0.717) is 12.8 Å². The summed E-state index contributed by atoms with van der Waals surface area (Å²) in [5.41, 5.74) is -1.31. The molecule has 1 aromatic rings. The quantitative estimate of drug-likeness (QED) is 0.828. The number of carboxylic acids is 1. The van der Waals surface area contributed by atoms with Gasteiger partial charge in [0.05, 0.1) is 17.3 Å². The highest BCUT2D eigenvalue weighted by atomic mass is 35.5. The SMILES string of the molecule is N#CC1(N(c2ccc(Cl)cc2C(=O)O)S(=O)O)CC1. The van der Waals surface area contributed by atoms with Crippen LogP contribution in [0.2, 0.25) is 5.02 Å². The molecule has 2 N–H and O–H groups in total. The van der Waals surface area contributed by atoms with Gasteiger partial charge in [0.2, 0.25) is 0 Å². The van der Waals surface area contributed by atoms with Crippen LogP contribution in [0, 0.1) is 11.3 Å². The molecule has 0 spiro atoms. The standard InChI is InChI=1S/C11H9ClN2O4S/c12-7-1-2-9(8(5-7)10(15)16)14(19(17)18)11(6-13)3-4-11/h1-2,5H,3-4H2,(H,15,16)(H,17,18). The molecule has 0 bridgehead atoms. The number of rotatable bonds is 4. The first-order valence-electron chi connectivity index (χ1n) is 5.26. The summed E-state index contributed by atoms with van der Waals surface area (Å²) in [5.74, 6) is -1.28. The molecule has 1 aliphatic rings. The average molecular weight is 301 g/mol. The van der Waals surface area contributed by atoms with Gasteiger partial charge in [-0.2, -0.15) is 5.26 Å². The Labute approximate surface area is 116 Å². The first-order chi connectivity index (χ1) is 8.91. The average Bonchev–Trinajstić information content (AvgIpc) is 3.11. The molecule has 100 valence electrons. The van der Waals surface area contributed by atoms with E-state index in [-0.39, 0.29) is 16.3 Å². The maximum Gasteiger partial charge on any atom is 0.337 e. The van der Waals surface area contributed by atoms with E-state index < -0.39 is 22.8 Å². The summed E-state index contributed by atoms with van der Waals surface area (Å²) in [6, 6.07) is 5.89. The Morgan fingerprint density at radius 2 is 2.16 bits per heavy atom. The van der Waals surface area contributed by atoms with Gasteiger partial charge in [0, 0.05) is 5.02 Å². The summed E-state index contributed by atoms with van der Waals surface area (Å²) in [7, 11) is 0. The monoisotopic (exact) mass is 300 g/mol. The zero-order valence-corrected chi connectivity index (χ0v) is 11.1. The zero-order chi connectivity index (χ0) is 14.2. The fourth-order valence-corrected chi connectivity index (χ4v) is 2.82. The Balaban J connectivity index is 2.59. The number of nitriles is 1. The van der Waals surface area contributed by atoms with Crippen molar-refractivity contribution in [2.24, 2.45) is 0 Å². The van der Waals surface area contributed by atoms with E-state index >= 15 is 0 Å². The van der Waals surface area contributed by atoms with Crippen molar-refractivity contribution >= 4 is 34.5 Å². The molecule has 0 heterocycles. The summed E-state index contributed by atoms with van der Waals surface area (Å²) >= 11 is 3.23. The third kappa shape index (κ3) is 2.42. The van der Waals surface area contributed by atoms with E-state index in [4.69, 9.17) is 22.0 Å². The summed E-state index contributed by atoms with van der Waals surface area (Å²) < 4.78 is 21.8. The van der Waals surface area contributed by atoms with Gasteiger partial charge in [-0.1, -0.05) is 11.6 Å². The minimum Gasteiger partial charge on any atom is -0.478 e. The molecular weight excluding hydrogens is 292 g/mol. The highest BCUT2D eigenvalue weighted by Gasteiger charge is 2.52. The summed E-state index contributed by atoms with van der Waals surface area (Å²) in [4.78, 5) is 11.2. The number of anilines is 1. The Morgan fingerprint density at radius 1 is 1.53 bits per heavy atom. The number of carbonyl (C=O) groups is 1. The van der Waals surface area contributed by atoms with Gasteiger partial charge in [0.25, 0.3) is 11.3 Å². The predicted molar refractivity (Wildman–Crippen MR) is 69.2 cm³/mol. The molecule has 2 rings (SSSR count). The minimum atomic E-state index is -2.49. The Hall–Kier alpha value is -1.62. The Bertz CT molecular complexity index is 609. The summed E-state index contributed by atoms with van der Waals surface area (Å²) in [5, 5.41) is 18.4. The summed E-state index contributed by atoms with van der Waals surface area (Å²) in [6.45, 7) is 0. The first-order valence-corrected chi connectivity index (χ1v) is 6.71. The van der Waals surface area contributed by atoms with Crippen LogP contribution < -0.4 is 4.31 Å². The molecule has 1 fully saturated rings. The van der Waals surface area contributed by atoms with Crippen molar-refractivity contribution in [2.45, 2.75) is 18.4 Å². The van der Waals surface area contributed by atoms with Crippen LogP contribution in [0.25, 0.3) is 0 Å². The van der Waals surface area contributed by atoms with Gasteiger partial charge in [0.15, 0.2) is 0 Å². The molecule has 1 aromatic carbocycles. The van der Waals surface area contributed by atoms with Gasteiger partial charge in [-0.05, 0) is 31.0 Å². The normalized spacial score (nSPS) is 17.3. The van der Waals surface area contributed by atoms with E-state index in [1.54, 1.807) is 0 Å². The number of aromatic carboxylic acids is 1. The molecule has 1 saturated carbocycles. The molecule has 0 aliphatic heterocycles. The van der Waals surface area contributed by atoms with Crippen LogP contribution in [-0.2, 0) is 11.3 Å². The molecule has 6 nitrogen and oxygen atoms in total. The first kappa shape index (κ1) is 13.8. The van der Waals surface area contributed by atoms with Crippen molar-refractivity contribution in [3.8, 4) is 6.07 Å². The van der Waals surface area contributed by atoms with Gasteiger partial charge < -0.3 is 5.11 Å². The van der Waals surface area contributed by atoms with Gasteiger partial charge in [-0.15, -0.1) is 0 Å². The number of hydrogen-bond donors (Lipinski definition) is 2. The van der Waals surface area contributed by atoms with E-state index in [1.807, 2.05) is 6.07 Å². The molecule has 0 saturated heterocycles. The van der Waals surface area contributed by atoms with Crippen molar-refractivity contribution in [3.05, 3.63) is 28.8 Å². The number of nitrogens with zero attached hydrogens (tertiary/aromatic N) is 2. The van der Waals surface area contributed by atoms with Crippen LogP contribution in [0.3, 0.4) is 0 Å². The largest absolute Gasteiger partial charge is 0.478 e. The smallest absolute Gasteiger partial charge is 0.337 e. The molecule has 19 heavy (non-hydrogen) atoms. The van der Waals surface area contributed by atoms with Crippen LogP contribution in [0.5, 0.6) is 0 Å². The third-order valence-electron chi connectivity index (χ3n) is 2.88. The van der Waals surface area contributed by atoms with Crippen LogP contribution in [0.4, 0.5) is 5.69 Å². The molecule has 1 atom stereocenters. The second kappa shape index (κ2) is 4.81. The second-order valence-corrected chi connectivity index (χ2v) is 5.40. The van der Waals surface area contributed by atoms with Crippen molar-refractivity contribution in [1.29, 1.82) is 5.26 Å².